The lowest BCUT2D eigenvalue weighted by Gasteiger charge is -2.47. The summed E-state index contributed by atoms with van der Waals surface area (Å²) >= 11 is 3.21. The van der Waals surface area contributed by atoms with Crippen LogP contribution in [0.25, 0.3) is 0 Å². The monoisotopic (exact) mass is 376 g/mol. The third-order valence-electron chi connectivity index (χ3n) is 4.76. The number of urea groups is 1. The summed E-state index contributed by atoms with van der Waals surface area (Å²) in [7, 11) is 0. The first kappa shape index (κ1) is 18.1. The summed E-state index contributed by atoms with van der Waals surface area (Å²) in [6, 6.07) is 7.50. The first-order valence-corrected chi connectivity index (χ1v) is 10.4. The first-order chi connectivity index (χ1) is 11.9. The largest absolute Gasteiger partial charge is 0.336 e. The number of carbonyl (C=O) groups excluding carboxylic acids is 2. The molecule has 4 nitrogen and oxygen atoms in total. The van der Waals surface area contributed by atoms with Crippen molar-refractivity contribution in [2.45, 2.75) is 45.8 Å². The number of Topliss-reactive ketones (excluding diaryl/α,β-unsaturated/α-hetero) is 1. The Balaban J connectivity index is 2.10. The quantitative estimate of drug-likeness (QED) is 0.831. The van der Waals surface area contributed by atoms with Gasteiger partial charge < -0.3 is 10.2 Å². The van der Waals surface area contributed by atoms with E-state index >= 15 is 0 Å². The number of piperidine rings is 1. The minimum absolute atomic E-state index is 0.0451. The molecule has 2 aromatic heterocycles. The zero-order valence-corrected chi connectivity index (χ0v) is 16.6. The highest BCUT2D eigenvalue weighted by atomic mass is 32.1. The Hall–Kier alpha value is -1.66. The second-order valence-corrected chi connectivity index (χ2v) is 8.87. The normalized spacial score (nSPS) is 26.9. The van der Waals surface area contributed by atoms with Gasteiger partial charge >= 0.3 is 6.03 Å². The van der Waals surface area contributed by atoms with Crippen molar-refractivity contribution in [2.24, 2.45) is 11.8 Å². The highest BCUT2D eigenvalue weighted by Crippen LogP contribution is 2.47. The fraction of sp³-hybridized carbons (Fsp3) is 0.474. The predicted octanol–water partition coefficient (Wildman–Crippen LogP) is 4.87. The Morgan fingerprint density at radius 2 is 1.52 bits per heavy atom. The van der Waals surface area contributed by atoms with Gasteiger partial charge in [0.2, 0.25) is 0 Å². The van der Waals surface area contributed by atoms with Crippen molar-refractivity contribution < 1.29 is 9.59 Å². The third kappa shape index (κ3) is 3.37. The summed E-state index contributed by atoms with van der Waals surface area (Å²) in [6.45, 7) is 7.81. The van der Waals surface area contributed by atoms with Crippen LogP contribution in [0.3, 0.4) is 0 Å². The average Bonchev–Trinajstić information content (AvgIpc) is 3.24. The van der Waals surface area contributed by atoms with Gasteiger partial charge in [0.15, 0.2) is 0 Å². The molecule has 0 bridgehead atoms. The fourth-order valence-electron chi connectivity index (χ4n) is 3.64. The van der Waals surface area contributed by atoms with E-state index in [1.165, 1.54) is 0 Å². The smallest absolute Gasteiger partial charge is 0.318 e. The van der Waals surface area contributed by atoms with Crippen molar-refractivity contribution in [1.82, 2.24) is 10.2 Å². The van der Waals surface area contributed by atoms with E-state index in [0.717, 1.165) is 9.75 Å². The van der Waals surface area contributed by atoms with Gasteiger partial charge in [-0.1, -0.05) is 26.0 Å². The molecule has 2 amide bonds. The summed E-state index contributed by atoms with van der Waals surface area (Å²) in [5, 5.41) is 7.04. The number of nitrogens with one attached hydrogen (secondary N) is 1. The van der Waals surface area contributed by atoms with Crippen LogP contribution in [0.4, 0.5) is 4.79 Å². The van der Waals surface area contributed by atoms with E-state index in [9.17, 15) is 9.59 Å². The van der Waals surface area contributed by atoms with Gasteiger partial charge in [-0.3, -0.25) is 4.79 Å². The van der Waals surface area contributed by atoms with Gasteiger partial charge in [0.05, 0.1) is 12.1 Å². The van der Waals surface area contributed by atoms with Gasteiger partial charge in [-0.2, -0.15) is 0 Å². The Labute approximate surface area is 156 Å². The molecular formula is C19H24N2O2S2. The van der Waals surface area contributed by atoms with Gasteiger partial charge in [-0.15, -0.1) is 22.7 Å². The fourth-order valence-corrected chi connectivity index (χ4v) is 5.50. The minimum Gasteiger partial charge on any atom is -0.336 e. The van der Waals surface area contributed by atoms with Crippen LogP contribution in [0, 0.1) is 11.8 Å². The second-order valence-electron chi connectivity index (χ2n) is 6.91. The summed E-state index contributed by atoms with van der Waals surface area (Å²) in [5.41, 5.74) is 0. The van der Waals surface area contributed by atoms with Crippen molar-refractivity contribution in [3.8, 4) is 0 Å². The molecule has 1 N–H and O–H groups in total. The van der Waals surface area contributed by atoms with Crippen molar-refractivity contribution in [3.63, 3.8) is 0 Å². The van der Waals surface area contributed by atoms with Gasteiger partial charge in [0, 0.05) is 27.6 Å². The van der Waals surface area contributed by atoms with Crippen molar-refractivity contribution in [2.75, 3.05) is 0 Å². The topological polar surface area (TPSA) is 49.4 Å². The maximum Gasteiger partial charge on any atom is 0.318 e. The maximum atomic E-state index is 13.1. The van der Waals surface area contributed by atoms with E-state index in [2.05, 4.69) is 5.32 Å². The molecule has 3 rings (SSSR count). The summed E-state index contributed by atoms with van der Waals surface area (Å²) in [5.74, 6) is -0.212. The van der Waals surface area contributed by atoms with Gasteiger partial charge in [-0.25, -0.2) is 4.79 Å². The molecule has 0 aromatic carbocycles. The van der Waals surface area contributed by atoms with Crippen LogP contribution in [0.1, 0.15) is 49.5 Å². The molecule has 0 spiro atoms. The van der Waals surface area contributed by atoms with E-state index < -0.39 is 0 Å². The molecular weight excluding hydrogens is 352 g/mol. The molecule has 4 atom stereocenters. The minimum atomic E-state index is -0.227. The van der Waals surface area contributed by atoms with Crippen LogP contribution in [0.5, 0.6) is 0 Å². The zero-order valence-electron chi connectivity index (χ0n) is 14.9. The molecule has 3 heterocycles. The molecule has 1 aliphatic rings. The number of carbonyl (C=O) groups is 2. The standard InChI is InChI=1S/C19H24N2O2S2/c1-11(2)20-19(23)21-16(14-7-5-9-24-14)12(3)18(22)13(4)17(21)15-8-6-10-25-15/h5-13,16-17H,1-4H3,(H,20,23). The Bertz CT molecular complexity index is 674. The highest BCUT2D eigenvalue weighted by molar-refractivity contribution is 7.10. The van der Waals surface area contributed by atoms with E-state index in [1.807, 2.05) is 67.6 Å². The van der Waals surface area contributed by atoms with Crippen molar-refractivity contribution >= 4 is 34.5 Å². The summed E-state index contributed by atoms with van der Waals surface area (Å²) in [6.07, 6.45) is 0. The number of hydrogen-bond acceptors (Lipinski definition) is 4. The number of hydrogen-bond donors (Lipinski definition) is 1. The van der Waals surface area contributed by atoms with E-state index in [4.69, 9.17) is 0 Å². The third-order valence-corrected chi connectivity index (χ3v) is 6.65. The molecule has 2 aromatic rings. The van der Waals surface area contributed by atoms with Crippen molar-refractivity contribution in [1.29, 1.82) is 0 Å². The van der Waals surface area contributed by atoms with Gasteiger partial charge in [0.25, 0.3) is 0 Å². The lowest BCUT2D eigenvalue weighted by Crippen LogP contribution is -2.55. The van der Waals surface area contributed by atoms with Crippen LogP contribution in [-0.4, -0.2) is 22.8 Å². The Kier molecular flexibility index (Phi) is 5.29. The molecule has 25 heavy (non-hydrogen) atoms. The molecule has 1 aliphatic heterocycles. The second kappa shape index (κ2) is 7.30. The highest BCUT2D eigenvalue weighted by Gasteiger charge is 2.48. The van der Waals surface area contributed by atoms with Gasteiger partial charge in [0.1, 0.15) is 5.78 Å². The molecule has 0 radical (unpaired) electrons. The lowest BCUT2D eigenvalue weighted by atomic mass is 9.78. The summed E-state index contributed by atoms with van der Waals surface area (Å²) < 4.78 is 0. The molecule has 1 fully saturated rings. The Morgan fingerprint density at radius 3 is 1.88 bits per heavy atom. The van der Waals surface area contributed by atoms with Crippen molar-refractivity contribution in [3.05, 3.63) is 44.8 Å². The predicted molar refractivity (Wildman–Crippen MR) is 103 cm³/mol. The molecule has 0 saturated carbocycles. The number of thiophene rings is 2. The van der Waals surface area contributed by atoms with Crippen LogP contribution >= 0.6 is 22.7 Å². The lowest BCUT2D eigenvalue weighted by molar-refractivity contribution is -0.135. The first-order valence-electron chi connectivity index (χ1n) is 8.61. The number of ketones is 1. The molecule has 134 valence electrons. The molecule has 1 saturated heterocycles. The van der Waals surface area contributed by atoms with Crippen LogP contribution < -0.4 is 5.32 Å². The molecule has 4 unspecified atom stereocenters. The number of likely N-dealkylation sites (tertiary alicyclic amines) is 1. The van der Waals surface area contributed by atoms with Crippen LogP contribution in [-0.2, 0) is 4.79 Å². The average molecular weight is 377 g/mol. The van der Waals surface area contributed by atoms with E-state index in [1.54, 1.807) is 22.7 Å². The Morgan fingerprint density at radius 1 is 1.04 bits per heavy atom. The zero-order chi connectivity index (χ0) is 18.1. The van der Waals surface area contributed by atoms with E-state index in [-0.39, 0.29) is 41.8 Å². The summed E-state index contributed by atoms with van der Waals surface area (Å²) in [4.78, 5) is 30.1. The van der Waals surface area contributed by atoms with Crippen LogP contribution in [0.15, 0.2) is 35.0 Å². The van der Waals surface area contributed by atoms with Crippen LogP contribution in [0.2, 0.25) is 0 Å². The van der Waals surface area contributed by atoms with E-state index in [0.29, 0.717) is 0 Å². The molecule has 6 heteroatoms. The van der Waals surface area contributed by atoms with Gasteiger partial charge in [-0.05, 0) is 36.7 Å². The number of nitrogens with zero attached hydrogens (tertiary/aromatic N) is 1. The molecule has 0 aliphatic carbocycles. The number of amides is 2. The SMILES string of the molecule is CC(C)NC(=O)N1C(c2cccs2)C(C)C(=O)C(C)C1c1cccs1. The maximum absolute atomic E-state index is 13.1. The number of rotatable bonds is 3.